The fraction of sp³-hybridized carbons (Fsp3) is 0.689. The summed E-state index contributed by atoms with van der Waals surface area (Å²) in [7, 11) is 0. The topological polar surface area (TPSA) is 6.48 Å². The molecule has 2 unspecified atom stereocenters. The molecular weight excluding hydrogens is 569 g/mol. The van der Waals surface area contributed by atoms with E-state index in [1.165, 1.54) is 152 Å². The van der Waals surface area contributed by atoms with Gasteiger partial charge < -0.3 is 9.80 Å². The van der Waals surface area contributed by atoms with Gasteiger partial charge in [0, 0.05) is 37.8 Å². The standard InChI is InChI=1S/C45H74N2/c1-4-7-9-11-12-13-14-15-16-17-18-19-20-21-22-24-32-38-47-40-39-46(37-31-23-10-8-5-2)45(47,41-42-33-27-25-28-34-42)44(6-3)43-35-29-26-30-36-43/h25-30,33-36,39-40,44H,4-24,31-32,37-38,41H2,1-3H3. The fourth-order valence-electron chi connectivity index (χ4n) is 8.15. The maximum atomic E-state index is 2.78. The van der Waals surface area contributed by atoms with Crippen LogP contribution in [0.2, 0.25) is 0 Å². The molecule has 0 aromatic heterocycles. The van der Waals surface area contributed by atoms with Gasteiger partial charge in [-0.3, -0.25) is 0 Å². The van der Waals surface area contributed by atoms with E-state index < -0.39 is 0 Å². The van der Waals surface area contributed by atoms with Gasteiger partial charge >= 0.3 is 0 Å². The Morgan fingerprint density at radius 2 is 0.809 bits per heavy atom. The molecule has 2 nitrogen and oxygen atoms in total. The lowest BCUT2D eigenvalue weighted by Crippen LogP contribution is -2.59. The summed E-state index contributed by atoms with van der Waals surface area (Å²) < 4.78 is 0. The lowest BCUT2D eigenvalue weighted by atomic mass is 9.78. The van der Waals surface area contributed by atoms with Gasteiger partial charge in [0.25, 0.3) is 0 Å². The van der Waals surface area contributed by atoms with Crippen molar-refractivity contribution in [3.8, 4) is 0 Å². The third-order valence-corrected chi connectivity index (χ3v) is 10.9. The first kappa shape index (κ1) is 39.2. The quantitative estimate of drug-likeness (QED) is 0.0815. The van der Waals surface area contributed by atoms with Gasteiger partial charge in [0.1, 0.15) is 5.66 Å². The molecule has 2 heteroatoms. The highest BCUT2D eigenvalue weighted by Crippen LogP contribution is 2.45. The first-order valence-electron chi connectivity index (χ1n) is 20.6. The fourth-order valence-corrected chi connectivity index (χ4v) is 8.15. The van der Waals surface area contributed by atoms with Crippen molar-refractivity contribution in [1.82, 2.24) is 9.80 Å². The zero-order valence-electron chi connectivity index (χ0n) is 31.3. The van der Waals surface area contributed by atoms with Gasteiger partial charge in [-0.2, -0.15) is 0 Å². The van der Waals surface area contributed by atoms with Crippen LogP contribution in [0.3, 0.4) is 0 Å². The predicted molar refractivity (Wildman–Crippen MR) is 208 cm³/mol. The molecule has 1 aliphatic rings. The van der Waals surface area contributed by atoms with Gasteiger partial charge in [-0.1, -0.05) is 210 Å². The molecule has 0 saturated carbocycles. The smallest absolute Gasteiger partial charge is 0.123 e. The van der Waals surface area contributed by atoms with Crippen LogP contribution in [0.25, 0.3) is 0 Å². The average Bonchev–Trinajstić information content (AvgIpc) is 3.43. The van der Waals surface area contributed by atoms with Crippen LogP contribution in [0.15, 0.2) is 73.1 Å². The summed E-state index contributed by atoms with van der Waals surface area (Å²) >= 11 is 0. The molecule has 0 N–H and O–H groups in total. The Hall–Kier alpha value is -2.22. The third-order valence-electron chi connectivity index (χ3n) is 10.9. The van der Waals surface area contributed by atoms with E-state index in [0.29, 0.717) is 5.92 Å². The molecular formula is C45H74N2. The third kappa shape index (κ3) is 14.0. The molecule has 264 valence electrons. The second-order valence-corrected chi connectivity index (χ2v) is 14.7. The average molecular weight is 643 g/mol. The summed E-state index contributed by atoms with van der Waals surface area (Å²) in [4.78, 5) is 5.54. The number of rotatable bonds is 29. The predicted octanol–water partition coefficient (Wildman–Crippen LogP) is 13.8. The molecule has 2 aromatic rings. The van der Waals surface area contributed by atoms with E-state index in [-0.39, 0.29) is 5.66 Å². The molecule has 3 rings (SSSR count). The van der Waals surface area contributed by atoms with Crippen molar-refractivity contribution in [2.45, 2.75) is 186 Å². The molecule has 0 spiro atoms. The highest BCUT2D eigenvalue weighted by Gasteiger charge is 2.49. The first-order valence-corrected chi connectivity index (χ1v) is 20.6. The van der Waals surface area contributed by atoms with E-state index in [0.717, 1.165) is 25.9 Å². The number of hydrogen-bond acceptors (Lipinski definition) is 2. The molecule has 2 atom stereocenters. The summed E-state index contributed by atoms with van der Waals surface area (Å²) in [5.74, 6) is 0.445. The van der Waals surface area contributed by atoms with Crippen molar-refractivity contribution >= 4 is 0 Å². The Morgan fingerprint density at radius 1 is 0.447 bits per heavy atom. The summed E-state index contributed by atoms with van der Waals surface area (Å²) in [6.07, 6.45) is 38.0. The van der Waals surface area contributed by atoms with Gasteiger partial charge in [0.15, 0.2) is 0 Å². The van der Waals surface area contributed by atoms with E-state index in [9.17, 15) is 0 Å². The number of unbranched alkanes of at least 4 members (excludes halogenated alkanes) is 20. The van der Waals surface area contributed by atoms with Crippen LogP contribution in [0.4, 0.5) is 0 Å². The minimum absolute atomic E-state index is 0.0583. The highest BCUT2D eigenvalue weighted by atomic mass is 15.4. The Kier molecular flexibility index (Phi) is 20.7. The molecule has 2 aromatic carbocycles. The second kappa shape index (κ2) is 24.9. The van der Waals surface area contributed by atoms with Gasteiger partial charge in [0.05, 0.1) is 0 Å². The van der Waals surface area contributed by atoms with Crippen LogP contribution in [-0.2, 0) is 6.42 Å². The SMILES string of the molecule is CCCCCCCCCCCCCCCCCCCN1C=CN(CCCCCCC)C1(Cc1ccccc1)C(CC)c1ccccc1. The lowest BCUT2D eigenvalue weighted by Gasteiger charge is -2.51. The minimum atomic E-state index is -0.0583. The lowest BCUT2D eigenvalue weighted by molar-refractivity contribution is -0.00378. The largest absolute Gasteiger partial charge is 0.353 e. The van der Waals surface area contributed by atoms with Crippen molar-refractivity contribution < 1.29 is 0 Å². The summed E-state index contributed by atoms with van der Waals surface area (Å²) in [6, 6.07) is 22.7. The van der Waals surface area contributed by atoms with Crippen LogP contribution >= 0.6 is 0 Å². The zero-order chi connectivity index (χ0) is 33.3. The van der Waals surface area contributed by atoms with Crippen LogP contribution < -0.4 is 0 Å². The highest BCUT2D eigenvalue weighted by molar-refractivity contribution is 5.30. The van der Waals surface area contributed by atoms with Crippen LogP contribution in [0.5, 0.6) is 0 Å². The Bertz CT molecular complexity index is 1020. The molecule has 0 radical (unpaired) electrons. The molecule has 1 aliphatic heterocycles. The van der Waals surface area contributed by atoms with Gasteiger partial charge in [-0.25, -0.2) is 0 Å². The van der Waals surface area contributed by atoms with E-state index in [4.69, 9.17) is 0 Å². The molecule has 0 fully saturated rings. The number of benzene rings is 2. The van der Waals surface area contributed by atoms with E-state index in [1.54, 1.807) is 0 Å². The Balaban J connectivity index is 1.50. The van der Waals surface area contributed by atoms with Crippen LogP contribution in [-0.4, -0.2) is 28.6 Å². The molecule has 47 heavy (non-hydrogen) atoms. The number of hydrogen-bond donors (Lipinski definition) is 0. The number of nitrogens with zero attached hydrogens (tertiary/aromatic N) is 2. The van der Waals surface area contributed by atoms with Crippen molar-refractivity contribution in [1.29, 1.82) is 0 Å². The van der Waals surface area contributed by atoms with Crippen molar-refractivity contribution in [3.05, 3.63) is 84.2 Å². The Labute approximate surface area is 292 Å². The van der Waals surface area contributed by atoms with E-state index >= 15 is 0 Å². The van der Waals surface area contributed by atoms with Crippen molar-refractivity contribution in [3.63, 3.8) is 0 Å². The zero-order valence-corrected chi connectivity index (χ0v) is 31.3. The van der Waals surface area contributed by atoms with Gasteiger partial charge in [-0.15, -0.1) is 0 Å². The van der Waals surface area contributed by atoms with E-state index in [2.05, 4.69) is 104 Å². The first-order chi connectivity index (χ1) is 23.3. The molecule has 0 aliphatic carbocycles. The minimum Gasteiger partial charge on any atom is -0.353 e. The van der Waals surface area contributed by atoms with E-state index in [1.807, 2.05) is 0 Å². The normalized spacial score (nSPS) is 16.7. The summed E-state index contributed by atoms with van der Waals surface area (Å²) in [5.41, 5.74) is 2.88. The molecule has 1 heterocycles. The second-order valence-electron chi connectivity index (χ2n) is 14.7. The molecule has 0 saturated heterocycles. The molecule has 0 amide bonds. The monoisotopic (exact) mass is 643 g/mol. The maximum absolute atomic E-state index is 2.78. The van der Waals surface area contributed by atoms with Gasteiger partial charge in [-0.05, 0) is 30.4 Å². The molecule has 0 bridgehead atoms. The maximum Gasteiger partial charge on any atom is 0.123 e. The van der Waals surface area contributed by atoms with Gasteiger partial charge in [0.2, 0.25) is 0 Å². The summed E-state index contributed by atoms with van der Waals surface area (Å²) in [6.45, 7) is 9.33. The van der Waals surface area contributed by atoms with Crippen molar-refractivity contribution in [2.75, 3.05) is 13.1 Å². The van der Waals surface area contributed by atoms with Crippen LogP contribution in [0, 0.1) is 0 Å². The van der Waals surface area contributed by atoms with Crippen LogP contribution in [0.1, 0.15) is 185 Å². The Morgan fingerprint density at radius 3 is 1.19 bits per heavy atom. The summed E-state index contributed by atoms with van der Waals surface area (Å²) in [5, 5.41) is 0. The van der Waals surface area contributed by atoms with Crippen molar-refractivity contribution in [2.24, 2.45) is 0 Å².